The first kappa shape index (κ1) is 16.9. The second-order valence-electron chi connectivity index (χ2n) is 6.87. The zero-order chi connectivity index (χ0) is 18.1. The van der Waals surface area contributed by atoms with Crippen molar-refractivity contribution in [2.45, 2.75) is 23.8 Å². The molecule has 0 amide bonds. The Morgan fingerprint density at radius 1 is 1.19 bits per heavy atom. The van der Waals surface area contributed by atoms with E-state index in [0.717, 1.165) is 48.2 Å². The second-order valence-corrected chi connectivity index (χ2v) is 8.88. The molecule has 0 saturated carbocycles. The van der Waals surface area contributed by atoms with Crippen molar-refractivity contribution >= 4 is 32.1 Å². The number of hydrogen-bond acceptors (Lipinski definition) is 5. The fraction of sp³-hybridized carbons (Fsp3) is 0.316. The van der Waals surface area contributed by atoms with Crippen LogP contribution in [-0.4, -0.2) is 44.0 Å². The Bertz CT molecular complexity index is 1010. The summed E-state index contributed by atoms with van der Waals surface area (Å²) in [6.07, 6.45) is 5.26. The number of aromatic amines is 1. The number of piperidine rings is 1. The molecule has 26 heavy (non-hydrogen) atoms. The van der Waals surface area contributed by atoms with Crippen LogP contribution in [0.4, 0.5) is 11.4 Å². The van der Waals surface area contributed by atoms with E-state index >= 15 is 0 Å². The Morgan fingerprint density at radius 3 is 2.77 bits per heavy atom. The fourth-order valence-corrected chi connectivity index (χ4v) is 4.13. The van der Waals surface area contributed by atoms with Crippen molar-refractivity contribution in [1.29, 1.82) is 0 Å². The molecule has 1 aromatic heterocycles. The van der Waals surface area contributed by atoms with E-state index in [4.69, 9.17) is 0 Å². The molecule has 7 heteroatoms. The zero-order valence-corrected chi connectivity index (χ0v) is 15.5. The van der Waals surface area contributed by atoms with Gasteiger partial charge in [0.1, 0.15) is 0 Å². The normalized spacial score (nSPS) is 18.2. The molecule has 4 rings (SSSR count). The highest BCUT2D eigenvalue weighted by molar-refractivity contribution is 7.90. The van der Waals surface area contributed by atoms with Gasteiger partial charge in [0.25, 0.3) is 0 Å². The van der Waals surface area contributed by atoms with Crippen molar-refractivity contribution in [3.8, 4) is 0 Å². The smallest absolute Gasteiger partial charge is 0.175 e. The average molecular weight is 370 g/mol. The van der Waals surface area contributed by atoms with Gasteiger partial charge in [-0.25, -0.2) is 8.42 Å². The first-order chi connectivity index (χ1) is 12.5. The van der Waals surface area contributed by atoms with Gasteiger partial charge in [-0.1, -0.05) is 0 Å². The molecule has 1 fully saturated rings. The van der Waals surface area contributed by atoms with Gasteiger partial charge in [0.05, 0.1) is 16.6 Å². The number of rotatable bonds is 4. The summed E-state index contributed by atoms with van der Waals surface area (Å²) in [4.78, 5) is 2.67. The van der Waals surface area contributed by atoms with Crippen LogP contribution in [0.2, 0.25) is 0 Å². The second kappa shape index (κ2) is 6.64. The van der Waals surface area contributed by atoms with Crippen molar-refractivity contribution in [1.82, 2.24) is 10.2 Å². The first-order valence-electron chi connectivity index (χ1n) is 8.74. The third-order valence-corrected chi connectivity index (χ3v) is 5.99. The lowest BCUT2D eigenvalue weighted by Crippen LogP contribution is -2.42. The highest BCUT2D eigenvalue weighted by atomic mass is 32.2. The average Bonchev–Trinajstić information content (AvgIpc) is 3.09. The molecule has 1 atom stereocenters. The van der Waals surface area contributed by atoms with Crippen LogP contribution in [-0.2, 0) is 9.84 Å². The molecule has 0 aliphatic carbocycles. The molecule has 6 nitrogen and oxygen atoms in total. The molecule has 2 heterocycles. The van der Waals surface area contributed by atoms with Crippen LogP contribution in [0.1, 0.15) is 12.8 Å². The molecule has 2 N–H and O–H groups in total. The Kier molecular flexibility index (Phi) is 4.32. The summed E-state index contributed by atoms with van der Waals surface area (Å²) in [5.74, 6) is 0. The SMILES string of the molecule is CS(=O)(=O)c1ccc(N2CCCC(Nc3ccc4cn[nH]c4c3)C2)cc1. The lowest BCUT2D eigenvalue weighted by molar-refractivity contribution is 0.530. The van der Waals surface area contributed by atoms with Gasteiger partial charge in [-0.3, -0.25) is 5.10 Å². The van der Waals surface area contributed by atoms with Gasteiger partial charge in [-0.2, -0.15) is 5.10 Å². The quantitative estimate of drug-likeness (QED) is 0.738. The number of sulfone groups is 1. The Labute approximate surface area is 153 Å². The minimum absolute atomic E-state index is 0.346. The van der Waals surface area contributed by atoms with Gasteiger partial charge < -0.3 is 10.2 Å². The lowest BCUT2D eigenvalue weighted by atomic mass is 10.0. The van der Waals surface area contributed by atoms with Crippen LogP contribution >= 0.6 is 0 Å². The fourth-order valence-electron chi connectivity index (χ4n) is 3.50. The molecule has 1 aliphatic heterocycles. The van der Waals surface area contributed by atoms with Crippen molar-refractivity contribution < 1.29 is 8.42 Å². The van der Waals surface area contributed by atoms with Gasteiger partial charge in [0, 0.05) is 42.1 Å². The van der Waals surface area contributed by atoms with Crippen LogP contribution in [0.3, 0.4) is 0 Å². The van der Waals surface area contributed by atoms with E-state index in [2.05, 4.69) is 38.6 Å². The number of nitrogens with zero attached hydrogens (tertiary/aromatic N) is 2. The molecule has 136 valence electrons. The number of aromatic nitrogens is 2. The van der Waals surface area contributed by atoms with Crippen LogP contribution < -0.4 is 10.2 Å². The van der Waals surface area contributed by atoms with E-state index in [-0.39, 0.29) is 0 Å². The third-order valence-electron chi connectivity index (χ3n) is 4.86. The minimum atomic E-state index is -3.15. The van der Waals surface area contributed by atoms with Crippen LogP contribution in [0, 0.1) is 0 Å². The largest absolute Gasteiger partial charge is 0.380 e. The Morgan fingerprint density at radius 2 is 2.00 bits per heavy atom. The monoisotopic (exact) mass is 370 g/mol. The minimum Gasteiger partial charge on any atom is -0.380 e. The number of anilines is 2. The van der Waals surface area contributed by atoms with Gasteiger partial charge in [0.15, 0.2) is 9.84 Å². The summed E-state index contributed by atoms with van der Waals surface area (Å²) in [6.45, 7) is 1.87. The molecule has 0 bridgehead atoms. The topological polar surface area (TPSA) is 78.1 Å². The van der Waals surface area contributed by atoms with E-state index in [1.54, 1.807) is 12.1 Å². The van der Waals surface area contributed by atoms with E-state index in [9.17, 15) is 8.42 Å². The van der Waals surface area contributed by atoms with Crippen molar-refractivity contribution in [3.05, 3.63) is 48.7 Å². The molecule has 1 unspecified atom stereocenters. The van der Waals surface area contributed by atoms with E-state index in [1.165, 1.54) is 6.26 Å². The van der Waals surface area contributed by atoms with E-state index in [0.29, 0.717) is 10.9 Å². The number of benzene rings is 2. The Hall–Kier alpha value is -2.54. The van der Waals surface area contributed by atoms with Crippen molar-refractivity contribution in [2.24, 2.45) is 0 Å². The van der Waals surface area contributed by atoms with Gasteiger partial charge in [-0.05, 0) is 55.3 Å². The number of H-pyrrole nitrogens is 1. The first-order valence-corrected chi connectivity index (χ1v) is 10.6. The van der Waals surface area contributed by atoms with E-state index < -0.39 is 9.84 Å². The summed E-state index contributed by atoms with van der Waals surface area (Å²) in [6, 6.07) is 13.7. The van der Waals surface area contributed by atoms with Gasteiger partial charge >= 0.3 is 0 Å². The summed E-state index contributed by atoms with van der Waals surface area (Å²) < 4.78 is 23.2. The number of hydrogen-bond donors (Lipinski definition) is 2. The molecule has 3 aromatic rings. The molecule has 0 spiro atoms. The highest BCUT2D eigenvalue weighted by Gasteiger charge is 2.20. The standard InChI is InChI=1S/C19H22N4O2S/c1-26(24,25)18-8-6-17(7-9-18)23-10-2-3-16(13-23)21-15-5-4-14-12-20-22-19(14)11-15/h4-9,11-12,16,21H,2-3,10,13H2,1H3,(H,20,22). The van der Waals surface area contributed by atoms with Gasteiger partial charge in [-0.15, -0.1) is 0 Å². The summed E-state index contributed by atoms with van der Waals surface area (Å²) >= 11 is 0. The molecule has 1 saturated heterocycles. The van der Waals surface area contributed by atoms with Crippen molar-refractivity contribution in [3.63, 3.8) is 0 Å². The predicted molar refractivity (Wildman–Crippen MR) is 105 cm³/mol. The predicted octanol–water partition coefficient (Wildman–Crippen LogP) is 3.05. The maximum absolute atomic E-state index is 11.6. The van der Waals surface area contributed by atoms with Crippen LogP contribution in [0.5, 0.6) is 0 Å². The zero-order valence-electron chi connectivity index (χ0n) is 14.6. The summed E-state index contributed by atoms with van der Waals surface area (Å²) in [5, 5.41) is 11.8. The molecule has 0 radical (unpaired) electrons. The number of fused-ring (bicyclic) bond motifs is 1. The molecule has 2 aromatic carbocycles. The third kappa shape index (κ3) is 3.53. The molecule has 1 aliphatic rings. The summed E-state index contributed by atoms with van der Waals surface area (Å²) in [7, 11) is -3.15. The summed E-state index contributed by atoms with van der Waals surface area (Å²) in [5.41, 5.74) is 3.17. The van der Waals surface area contributed by atoms with Crippen LogP contribution in [0.15, 0.2) is 53.6 Å². The molecular weight excluding hydrogens is 348 g/mol. The highest BCUT2D eigenvalue weighted by Crippen LogP contribution is 2.24. The lowest BCUT2D eigenvalue weighted by Gasteiger charge is -2.35. The maximum atomic E-state index is 11.6. The number of nitrogens with one attached hydrogen (secondary N) is 2. The maximum Gasteiger partial charge on any atom is 0.175 e. The van der Waals surface area contributed by atoms with Crippen LogP contribution in [0.25, 0.3) is 10.9 Å². The van der Waals surface area contributed by atoms with E-state index in [1.807, 2.05) is 18.3 Å². The van der Waals surface area contributed by atoms with Gasteiger partial charge in [0.2, 0.25) is 0 Å². The molecular formula is C19H22N4O2S. The van der Waals surface area contributed by atoms with Crippen molar-refractivity contribution in [2.75, 3.05) is 29.6 Å². The Balaban J connectivity index is 1.46.